The van der Waals surface area contributed by atoms with Crippen LogP contribution in [-0.2, 0) is 0 Å². The Balaban J connectivity index is 1.98. The van der Waals surface area contributed by atoms with E-state index in [1.54, 1.807) is 0 Å². The average Bonchev–Trinajstić information content (AvgIpc) is 2.36. The lowest BCUT2D eigenvalue weighted by Gasteiger charge is -2.19. The molecule has 0 spiro atoms. The van der Waals surface area contributed by atoms with Crippen molar-refractivity contribution in [2.24, 2.45) is 5.92 Å². The minimum atomic E-state index is -0.0726. The van der Waals surface area contributed by atoms with Crippen molar-refractivity contribution < 1.29 is 4.79 Å². The van der Waals surface area contributed by atoms with E-state index in [2.05, 4.69) is 23.9 Å². The number of carbonyl (C=O) groups excluding carboxylic acids is 1. The van der Waals surface area contributed by atoms with Gasteiger partial charge in [-0.25, -0.2) is 0 Å². The van der Waals surface area contributed by atoms with Gasteiger partial charge in [0.15, 0.2) is 0 Å². The van der Waals surface area contributed by atoms with Crippen LogP contribution in [0.5, 0.6) is 0 Å². The van der Waals surface area contributed by atoms with Gasteiger partial charge in [0.2, 0.25) is 0 Å². The summed E-state index contributed by atoms with van der Waals surface area (Å²) < 4.78 is 0. The number of nitrogens with one attached hydrogen (secondary N) is 2. The van der Waals surface area contributed by atoms with Crippen molar-refractivity contribution in [3.8, 4) is 0 Å². The molecular weight excluding hydrogens is 236 g/mol. The summed E-state index contributed by atoms with van der Waals surface area (Å²) in [7, 11) is 0. The van der Waals surface area contributed by atoms with Gasteiger partial charge in [0.1, 0.15) is 0 Å². The fourth-order valence-electron chi connectivity index (χ4n) is 2.50. The minimum absolute atomic E-state index is 0.0726. The first kappa shape index (κ1) is 13.7. The van der Waals surface area contributed by atoms with E-state index in [9.17, 15) is 4.79 Å². The maximum Gasteiger partial charge on any atom is 0.269 e. The summed E-state index contributed by atoms with van der Waals surface area (Å²) in [4.78, 5) is 12.1. The maximum absolute atomic E-state index is 12.1. The largest absolute Gasteiger partial charge is 0.303 e. The zero-order chi connectivity index (χ0) is 13.8. The summed E-state index contributed by atoms with van der Waals surface area (Å²) in [6.45, 7) is 6.19. The van der Waals surface area contributed by atoms with Crippen LogP contribution in [0.25, 0.3) is 0 Å². The van der Waals surface area contributed by atoms with E-state index in [0.29, 0.717) is 5.92 Å². The SMILES string of the molecule is Cc1ccc(C(=O)NNC2=C[C@@H](C)CCC2)c(C)c1. The monoisotopic (exact) mass is 258 g/mol. The molecule has 0 bridgehead atoms. The maximum atomic E-state index is 12.1. The van der Waals surface area contributed by atoms with Crippen LogP contribution in [0.2, 0.25) is 0 Å². The zero-order valence-electron chi connectivity index (χ0n) is 11.9. The summed E-state index contributed by atoms with van der Waals surface area (Å²) in [6, 6.07) is 5.86. The van der Waals surface area contributed by atoms with Crippen molar-refractivity contribution in [2.45, 2.75) is 40.0 Å². The summed E-state index contributed by atoms with van der Waals surface area (Å²) in [6.07, 6.45) is 5.62. The Labute approximate surface area is 115 Å². The number of hydrogen-bond donors (Lipinski definition) is 2. The van der Waals surface area contributed by atoms with Crippen molar-refractivity contribution in [1.82, 2.24) is 10.9 Å². The van der Waals surface area contributed by atoms with Crippen molar-refractivity contribution in [2.75, 3.05) is 0 Å². The highest BCUT2D eigenvalue weighted by molar-refractivity contribution is 5.95. The molecule has 1 aromatic carbocycles. The third kappa shape index (κ3) is 3.60. The van der Waals surface area contributed by atoms with Gasteiger partial charge >= 0.3 is 0 Å². The van der Waals surface area contributed by atoms with Crippen LogP contribution >= 0.6 is 0 Å². The number of allylic oxidation sites excluding steroid dienone is 2. The third-order valence-electron chi connectivity index (χ3n) is 3.55. The Hall–Kier alpha value is -1.77. The van der Waals surface area contributed by atoms with Crippen LogP contribution in [-0.4, -0.2) is 5.91 Å². The number of rotatable bonds is 3. The minimum Gasteiger partial charge on any atom is -0.303 e. The molecule has 0 fully saturated rings. The van der Waals surface area contributed by atoms with Crippen LogP contribution in [0.15, 0.2) is 30.0 Å². The molecule has 1 aliphatic carbocycles. The molecule has 0 heterocycles. The molecule has 2 N–H and O–H groups in total. The molecule has 3 heteroatoms. The molecule has 19 heavy (non-hydrogen) atoms. The van der Waals surface area contributed by atoms with E-state index in [1.807, 2.05) is 32.0 Å². The average molecular weight is 258 g/mol. The Morgan fingerprint density at radius 3 is 2.79 bits per heavy atom. The van der Waals surface area contributed by atoms with E-state index in [4.69, 9.17) is 0 Å². The van der Waals surface area contributed by atoms with Gasteiger partial charge in [0.05, 0.1) is 0 Å². The van der Waals surface area contributed by atoms with Crippen LogP contribution in [0.4, 0.5) is 0 Å². The summed E-state index contributed by atoms with van der Waals surface area (Å²) in [5.74, 6) is 0.519. The third-order valence-corrected chi connectivity index (χ3v) is 3.55. The molecule has 0 radical (unpaired) electrons. The summed E-state index contributed by atoms with van der Waals surface area (Å²) in [5, 5.41) is 0. The fraction of sp³-hybridized carbons (Fsp3) is 0.438. The van der Waals surface area contributed by atoms with Crippen LogP contribution in [0.3, 0.4) is 0 Å². The number of amides is 1. The second-order valence-electron chi connectivity index (χ2n) is 5.46. The second kappa shape index (κ2) is 5.91. The molecule has 1 atom stereocenters. The van der Waals surface area contributed by atoms with E-state index in [-0.39, 0.29) is 5.91 Å². The van der Waals surface area contributed by atoms with E-state index in [0.717, 1.165) is 23.2 Å². The normalized spacial score (nSPS) is 18.7. The van der Waals surface area contributed by atoms with Gasteiger partial charge in [-0.2, -0.15) is 0 Å². The molecule has 1 aromatic rings. The van der Waals surface area contributed by atoms with Gasteiger partial charge in [-0.15, -0.1) is 0 Å². The fourth-order valence-corrected chi connectivity index (χ4v) is 2.50. The molecule has 2 rings (SSSR count). The first-order valence-electron chi connectivity index (χ1n) is 6.90. The summed E-state index contributed by atoms with van der Waals surface area (Å²) >= 11 is 0. The van der Waals surface area contributed by atoms with Crippen LogP contribution in [0, 0.1) is 19.8 Å². The molecule has 0 aromatic heterocycles. The molecular formula is C16H22N2O. The Bertz CT molecular complexity index is 505. The quantitative estimate of drug-likeness (QED) is 0.817. The lowest BCUT2D eigenvalue weighted by Crippen LogP contribution is -2.37. The van der Waals surface area contributed by atoms with Crippen LogP contribution in [0.1, 0.15) is 47.7 Å². The first-order valence-corrected chi connectivity index (χ1v) is 6.90. The first-order chi connectivity index (χ1) is 9.06. The van der Waals surface area contributed by atoms with Gasteiger partial charge in [0.25, 0.3) is 5.91 Å². The van der Waals surface area contributed by atoms with Crippen molar-refractivity contribution in [3.05, 3.63) is 46.7 Å². The molecule has 1 amide bonds. The number of benzene rings is 1. The van der Waals surface area contributed by atoms with Crippen molar-refractivity contribution >= 4 is 5.91 Å². The van der Waals surface area contributed by atoms with Crippen LogP contribution < -0.4 is 10.9 Å². The van der Waals surface area contributed by atoms with Gasteiger partial charge < -0.3 is 5.43 Å². The standard InChI is InChI=1S/C16H22N2O/c1-11-5-4-6-14(10-11)17-18-16(19)15-8-7-12(2)9-13(15)3/h7-11,17H,4-6H2,1-3H3,(H,18,19)/t11-/m0/s1. The predicted molar refractivity (Wildman–Crippen MR) is 77.6 cm³/mol. The Morgan fingerprint density at radius 1 is 1.32 bits per heavy atom. The molecule has 0 unspecified atom stereocenters. The van der Waals surface area contributed by atoms with Gasteiger partial charge in [-0.05, 0) is 50.7 Å². The van der Waals surface area contributed by atoms with E-state index in [1.165, 1.54) is 18.4 Å². The smallest absolute Gasteiger partial charge is 0.269 e. The number of carbonyl (C=O) groups is 1. The highest BCUT2D eigenvalue weighted by atomic mass is 16.2. The van der Waals surface area contributed by atoms with E-state index >= 15 is 0 Å². The van der Waals surface area contributed by atoms with Gasteiger partial charge in [-0.1, -0.05) is 30.7 Å². The highest BCUT2D eigenvalue weighted by Crippen LogP contribution is 2.20. The Morgan fingerprint density at radius 2 is 2.11 bits per heavy atom. The number of aryl methyl sites for hydroxylation is 2. The molecule has 0 saturated carbocycles. The molecule has 0 saturated heterocycles. The topological polar surface area (TPSA) is 41.1 Å². The summed E-state index contributed by atoms with van der Waals surface area (Å²) in [5.41, 5.74) is 9.87. The molecule has 102 valence electrons. The zero-order valence-corrected chi connectivity index (χ0v) is 11.9. The highest BCUT2D eigenvalue weighted by Gasteiger charge is 2.12. The molecule has 0 aliphatic heterocycles. The molecule has 3 nitrogen and oxygen atoms in total. The lowest BCUT2D eigenvalue weighted by molar-refractivity contribution is 0.0937. The van der Waals surface area contributed by atoms with E-state index < -0.39 is 0 Å². The molecule has 1 aliphatic rings. The van der Waals surface area contributed by atoms with Gasteiger partial charge in [-0.3, -0.25) is 10.2 Å². The number of hydrazine groups is 1. The van der Waals surface area contributed by atoms with Gasteiger partial charge in [0, 0.05) is 11.3 Å². The number of hydrogen-bond acceptors (Lipinski definition) is 2. The van der Waals surface area contributed by atoms with Crippen molar-refractivity contribution in [3.63, 3.8) is 0 Å². The lowest BCUT2D eigenvalue weighted by atomic mass is 9.96. The van der Waals surface area contributed by atoms with Crippen molar-refractivity contribution in [1.29, 1.82) is 0 Å². The second-order valence-corrected chi connectivity index (χ2v) is 5.46. The predicted octanol–water partition coefficient (Wildman–Crippen LogP) is 3.24. The Kier molecular flexibility index (Phi) is 4.25.